The number of amides is 2. The predicted molar refractivity (Wildman–Crippen MR) is 99.2 cm³/mol. The maximum Gasteiger partial charge on any atom is 0.257 e. The highest BCUT2D eigenvalue weighted by Crippen LogP contribution is 2.11. The molecule has 0 radical (unpaired) electrons. The molecular weight excluding hydrogens is 338 g/mol. The number of hydrogen-bond acceptors (Lipinski definition) is 4. The molecule has 2 rings (SSSR count). The van der Waals surface area contributed by atoms with Gasteiger partial charge in [0.05, 0.1) is 13.5 Å². The first kappa shape index (κ1) is 18.4. The van der Waals surface area contributed by atoms with Gasteiger partial charge in [0.1, 0.15) is 5.75 Å². The Morgan fingerprint density at radius 1 is 1.04 bits per heavy atom. The highest BCUT2D eigenvalue weighted by molar-refractivity contribution is 7.80. The third-order valence-corrected chi connectivity index (χ3v) is 3.66. The van der Waals surface area contributed by atoms with Gasteiger partial charge in [0.15, 0.2) is 5.11 Å². The molecule has 6 nitrogen and oxygen atoms in total. The fourth-order valence-electron chi connectivity index (χ4n) is 2.13. The number of carbonyl (C=O) groups excluding carboxylic acids is 2. The molecule has 7 heteroatoms. The van der Waals surface area contributed by atoms with Crippen molar-refractivity contribution in [1.82, 2.24) is 16.2 Å². The summed E-state index contributed by atoms with van der Waals surface area (Å²) < 4.78 is 5.06. The largest absolute Gasteiger partial charge is 0.497 e. The number of nitrogens with one attached hydrogen (secondary N) is 3. The lowest BCUT2D eigenvalue weighted by Gasteiger charge is -2.12. The van der Waals surface area contributed by atoms with Crippen LogP contribution in [0.1, 0.15) is 21.5 Å². The third-order valence-electron chi connectivity index (χ3n) is 3.46. The number of benzene rings is 2. The lowest BCUT2D eigenvalue weighted by Crippen LogP contribution is -2.49. The van der Waals surface area contributed by atoms with Crippen molar-refractivity contribution in [3.63, 3.8) is 0 Å². The summed E-state index contributed by atoms with van der Waals surface area (Å²) >= 11 is 5.02. The summed E-state index contributed by atoms with van der Waals surface area (Å²) in [5.41, 5.74) is 7.17. The second-order valence-electron chi connectivity index (χ2n) is 5.30. The molecule has 0 atom stereocenters. The Kier molecular flexibility index (Phi) is 6.47. The van der Waals surface area contributed by atoms with E-state index in [1.54, 1.807) is 43.5 Å². The maximum atomic E-state index is 12.1. The van der Waals surface area contributed by atoms with Gasteiger partial charge in [-0.05, 0) is 48.5 Å². The van der Waals surface area contributed by atoms with E-state index in [-0.39, 0.29) is 23.3 Å². The van der Waals surface area contributed by atoms with Crippen molar-refractivity contribution in [3.8, 4) is 5.75 Å². The van der Waals surface area contributed by atoms with E-state index in [1.807, 2.05) is 19.1 Å². The van der Waals surface area contributed by atoms with Crippen molar-refractivity contribution in [1.29, 1.82) is 0 Å². The molecule has 0 spiro atoms. The molecular formula is C18H19N3O3S. The van der Waals surface area contributed by atoms with Crippen LogP contribution in [0.2, 0.25) is 0 Å². The van der Waals surface area contributed by atoms with Gasteiger partial charge < -0.3 is 4.74 Å². The van der Waals surface area contributed by atoms with Crippen molar-refractivity contribution < 1.29 is 14.3 Å². The van der Waals surface area contributed by atoms with Crippen LogP contribution < -0.4 is 20.9 Å². The molecule has 3 N–H and O–H groups in total. The minimum atomic E-state index is -0.333. The number of hydrogen-bond donors (Lipinski definition) is 3. The molecule has 0 unspecified atom stereocenters. The molecule has 2 aromatic carbocycles. The van der Waals surface area contributed by atoms with Gasteiger partial charge in [0.2, 0.25) is 5.91 Å². The van der Waals surface area contributed by atoms with Gasteiger partial charge in [-0.2, -0.15) is 0 Å². The zero-order valence-electron chi connectivity index (χ0n) is 14.0. The number of methoxy groups -OCH3 is 1. The molecule has 2 aromatic rings. The number of thiocarbonyl (C=S) groups is 1. The minimum Gasteiger partial charge on any atom is -0.497 e. The summed E-state index contributed by atoms with van der Waals surface area (Å²) in [7, 11) is 1.58. The Morgan fingerprint density at radius 3 is 2.36 bits per heavy atom. The fourth-order valence-corrected chi connectivity index (χ4v) is 2.27. The predicted octanol–water partition coefficient (Wildman–Crippen LogP) is 1.88. The van der Waals surface area contributed by atoms with E-state index >= 15 is 0 Å². The number of carbonyl (C=O) groups is 2. The van der Waals surface area contributed by atoms with Crippen molar-refractivity contribution in [2.75, 3.05) is 7.11 Å². The van der Waals surface area contributed by atoms with Crippen molar-refractivity contribution >= 4 is 29.1 Å². The maximum absolute atomic E-state index is 12.1. The van der Waals surface area contributed by atoms with Crippen LogP contribution in [0.4, 0.5) is 0 Å². The number of aryl methyl sites for hydroxylation is 1. The molecule has 0 saturated carbocycles. The van der Waals surface area contributed by atoms with E-state index in [4.69, 9.17) is 17.0 Å². The molecule has 0 aromatic heterocycles. The molecule has 0 bridgehead atoms. The summed E-state index contributed by atoms with van der Waals surface area (Å²) in [6.45, 7) is 1.84. The smallest absolute Gasteiger partial charge is 0.257 e. The Bertz CT molecular complexity index is 775. The van der Waals surface area contributed by atoms with Crippen LogP contribution in [0.15, 0.2) is 48.5 Å². The van der Waals surface area contributed by atoms with Gasteiger partial charge in [-0.25, -0.2) is 0 Å². The Morgan fingerprint density at radius 2 is 1.72 bits per heavy atom. The number of hydrazine groups is 1. The highest BCUT2D eigenvalue weighted by atomic mass is 32.1. The minimum absolute atomic E-state index is 0.0244. The van der Waals surface area contributed by atoms with E-state index in [0.29, 0.717) is 5.56 Å². The summed E-state index contributed by atoms with van der Waals surface area (Å²) in [5, 5.41) is 2.55. The molecule has 25 heavy (non-hydrogen) atoms. The zero-order valence-corrected chi connectivity index (χ0v) is 14.8. The quantitative estimate of drug-likeness (QED) is 0.575. The van der Waals surface area contributed by atoms with Crippen LogP contribution >= 0.6 is 12.2 Å². The van der Waals surface area contributed by atoms with Gasteiger partial charge in [0, 0.05) is 5.56 Å². The molecule has 0 heterocycles. The van der Waals surface area contributed by atoms with Gasteiger partial charge in [-0.15, -0.1) is 0 Å². The monoisotopic (exact) mass is 357 g/mol. The number of rotatable bonds is 4. The average molecular weight is 357 g/mol. The van der Waals surface area contributed by atoms with Crippen LogP contribution in [0.25, 0.3) is 0 Å². The summed E-state index contributed by atoms with van der Waals surface area (Å²) in [6, 6.07) is 14.3. The lowest BCUT2D eigenvalue weighted by atomic mass is 10.1. The Hall–Kier alpha value is -2.93. The van der Waals surface area contributed by atoms with Crippen molar-refractivity contribution in [3.05, 3.63) is 65.2 Å². The van der Waals surface area contributed by atoms with Gasteiger partial charge >= 0.3 is 0 Å². The van der Waals surface area contributed by atoms with E-state index in [9.17, 15) is 9.59 Å². The van der Waals surface area contributed by atoms with Gasteiger partial charge in [0.25, 0.3) is 5.91 Å². The molecule has 130 valence electrons. The van der Waals surface area contributed by atoms with Crippen LogP contribution in [0.3, 0.4) is 0 Å². The summed E-state index contributed by atoms with van der Waals surface area (Å²) in [6.07, 6.45) is 0.172. The summed E-state index contributed by atoms with van der Waals surface area (Å²) in [5.74, 6) is 0.111. The SMILES string of the molecule is COc1ccc(CC(=O)NNC(=S)NC(=O)c2ccccc2C)cc1. The van der Waals surface area contributed by atoms with Gasteiger partial charge in [-0.3, -0.25) is 25.8 Å². The van der Waals surface area contributed by atoms with E-state index in [2.05, 4.69) is 16.2 Å². The average Bonchev–Trinajstić information content (AvgIpc) is 2.61. The highest BCUT2D eigenvalue weighted by Gasteiger charge is 2.10. The Balaban J connectivity index is 1.80. The molecule has 0 aliphatic rings. The summed E-state index contributed by atoms with van der Waals surface area (Å²) in [4.78, 5) is 24.0. The lowest BCUT2D eigenvalue weighted by molar-refractivity contribution is -0.121. The molecule has 0 saturated heterocycles. The van der Waals surface area contributed by atoms with Crippen molar-refractivity contribution in [2.45, 2.75) is 13.3 Å². The first-order chi connectivity index (χ1) is 12.0. The second kappa shape index (κ2) is 8.79. The first-order valence-corrected chi connectivity index (χ1v) is 7.99. The molecule has 2 amide bonds. The van der Waals surface area contributed by atoms with Crippen LogP contribution in [-0.2, 0) is 11.2 Å². The van der Waals surface area contributed by atoms with E-state index in [1.165, 1.54) is 0 Å². The fraction of sp³-hybridized carbons (Fsp3) is 0.167. The molecule has 0 fully saturated rings. The number of ether oxygens (including phenoxy) is 1. The van der Waals surface area contributed by atoms with E-state index in [0.717, 1.165) is 16.9 Å². The van der Waals surface area contributed by atoms with E-state index < -0.39 is 0 Å². The molecule has 0 aliphatic heterocycles. The van der Waals surface area contributed by atoms with Crippen molar-refractivity contribution in [2.24, 2.45) is 0 Å². The van der Waals surface area contributed by atoms with Gasteiger partial charge in [-0.1, -0.05) is 30.3 Å². The van der Waals surface area contributed by atoms with Crippen LogP contribution in [-0.4, -0.2) is 24.0 Å². The zero-order chi connectivity index (χ0) is 18.2. The topological polar surface area (TPSA) is 79.5 Å². The normalized spacial score (nSPS) is 9.84. The Labute approximate surface area is 151 Å². The standard InChI is InChI=1S/C18H19N3O3S/c1-12-5-3-4-6-15(12)17(23)19-18(25)21-20-16(22)11-13-7-9-14(24-2)10-8-13/h3-10H,11H2,1-2H3,(H,20,22)(H2,19,21,23,25). The third kappa shape index (κ3) is 5.58. The second-order valence-corrected chi connectivity index (χ2v) is 5.70. The van der Waals surface area contributed by atoms with Crippen LogP contribution in [0, 0.1) is 6.92 Å². The first-order valence-electron chi connectivity index (χ1n) is 7.58. The van der Waals surface area contributed by atoms with Crippen LogP contribution in [0.5, 0.6) is 5.75 Å². The molecule has 0 aliphatic carbocycles.